The predicted molar refractivity (Wildman–Crippen MR) is 76.8 cm³/mol. The van der Waals surface area contributed by atoms with E-state index < -0.39 is 11.9 Å². The smallest absolute Gasteiger partial charge is 0.339 e. The molecule has 110 valence electrons. The molecule has 2 heterocycles. The molecule has 0 N–H and O–H groups in total. The zero-order valence-electron chi connectivity index (χ0n) is 11.6. The Morgan fingerprint density at radius 3 is 1.50 bits per heavy atom. The van der Waals surface area contributed by atoms with Crippen molar-refractivity contribution in [1.82, 2.24) is 9.97 Å². The van der Waals surface area contributed by atoms with Crippen LogP contribution in [0.25, 0.3) is 0 Å². The largest absolute Gasteiger partial charge is 0.449 e. The van der Waals surface area contributed by atoms with E-state index in [0.717, 1.165) is 0 Å². The third-order valence-corrected chi connectivity index (χ3v) is 2.51. The van der Waals surface area contributed by atoms with Crippen LogP contribution in [0.5, 0.6) is 0 Å². The molecule has 2 aromatic heterocycles. The zero-order chi connectivity index (χ0) is 15.6. The van der Waals surface area contributed by atoms with E-state index in [4.69, 9.17) is 9.47 Å². The molecule has 0 atom stereocenters. The van der Waals surface area contributed by atoms with E-state index in [9.17, 15) is 9.59 Å². The van der Waals surface area contributed by atoms with Gasteiger partial charge in [0.1, 0.15) is 0 Å². The molecule has 0 fully saturated rings. The minimum absolute atomic E-state index is 0.0754. The van der Waals surface area contributed by atoms with Gasteiger partial charge in [0.15, 0.2) is 13.2 Å². The molecule has 2 aromatic rings. The molecule has 22 heavy (non-hydrogen) atoms. The lowest BCUT2D eigenvalue weighted by Gasteiger charge is -2.00. The summed E-state index contributed by atoms with van der Waals surface area (Å²) >= 11 is 0. The highest BCUT2D eigenvalue weighted by atomic mass is 16.5. The molecule has 0 bridgehead atoms. The molecule has 0 aliphatic carbocycles. The van der Waals surface area contributed by atoms with Crippen LogP contribution in [-0.2, 0) is 9.47 Å². The fraction of sp³-hybridized carbons (Fsp3) is 0.125. The molecule has 0 aliphatic rings. The molecule has 0 unspecified atom stereocenters. The quantitative estimate of drug-likeness (QED) is 0.628. The first-order valence-corrected chi connectivity index (χ1v) is 6.37. The van der Waals surface area contributed by atoms with Crippen molar-refractivity contribution < 1.29 is 19.1 Å². The summed E-state index contributed by atoms with van der Waals surface area (Å²) in [5.41, 5.74) is 0.807. The maximum Gasteiger partial charge on any atom is 0.339 e. The van der Waals surface area contributed by atoms with Gasteiger partial charge in [-0.3, -0.25) is 9.97 Å². The van der Waals surface area contributed by atoms with Gasteiger partial charge in [-0.05, 0) is 24.3 Å². The topological polar surface area (TPSA) is 78.4 Å². The fourth-order valence-corrected chi connectivity index (χ4v) is 1.45. The molecular formula is C16H12N2O4. The summed E-state index contributed by atoms with van der Waals surface area (Å²) in [6, 6.07) is 6.19. The number of esters is 2. The lowest BCUT2D eigenvalue weighted by atomic mass is 10.3. The molecule has 0 saturated heterocycles. The van der Waals surface area contributed by atoms with Crippen molar-refractivity contribution in [3.63, 3.8) is 0 Å². The number of hydrogen-bond donors (Lipinski definition) is 0. The van der Waals surface area contributed by atoms with Gasteiger partial charge in [-0.1, -0.05) is 11.8 Å². The van der Waals surface area contributed by atoms with Gasteiger partial charge in [-0.2, -0.15) is 0 Å². The van der Waals surface area contributed by atoms with Gasteiger partial charge in [0, 0.05) is 24.8 Å². The Labute approximate surface area is 127 Å². The van der Waals surface area contributed by atoms with Crippen molar-refractivity contribution in [3.05, 3.63) is 60.2 Å². The molecule has 6 nitrogen and oxygen atoms in total. The Balaban J connectivity index is 1.70. The van der Waals surface area contributed by atoms with Crippen LogP contribution in [0.15, 0.2) is 49.1 Å². The Bertz CT molecular complexity index is 631. The molecule has 0 amide bonds. The second-order valence-corrected chi connectivity index (χ2v) is 3.98. The van der Waals surface area contributed by atoms with Crippen molar-refractivity contribution in [2.45, 2.75) is 0 Å². The standard InChI is InChI=1S/C16H12N2O4/c19-15(13-3-7-17-8-4-13)21-11-1-2-12-22-16(20)14-5-9-18-10-6-14/h3-10H,11-12H2. The molecule has 0 radical (unpaired) electrons. The molecule has 0 spiro atoms. The highest BCUT2D eigenvalue weighted by Crippen LogP contribution is 1.99. The van der Waals surface area contributed by atoms with Crippen LogP contribution >= 0.6 is 0 Å². The molecule has 0 aromatic carbocycles. The summed E-state index contributed by atoms with van der Waals surface area (Å²) in [5.74, 6) is 4.23. The number of carbonyl (C=O) groups is 2. The number of hydrogen-bond acceptors (Lipinski definition) is 6. The van der Waals surface area contributed by atoms with Gasteiger partial charge >= 0.3 is 11.9 Å². The summed E-state index contributed by atoms with van der Waals surface area (Å²) in [6.07, 6.45) is 6.00. The van der Waals surface area contributed by atoms with Gasteiger partial charge in [-0.25, -0.2) is 9.59 Å². The minimum Gasteiger partial charge on any atom is -0.449 e. The summed E-state index contributed by atoms with van der Waals surface area (Å²) in [7, 11) is 0. The van der Waals surface area contributed by atoms with Crippen LogP contribution in [0.2, 0.25) is 0 Å². The van der Waals surface area contributed by atoms with Gasteiger partial charge in [0.25, 0.3) is 0 Å². The molecule has 0 aliphatic heterocycles. The second-order valence-electron chi connectivity index (χ2n) is 3.98. The maximum absolute atomic E-state index is 11.6. The number of rotatable bonds is 4. The Morgan fingerprint density at radius 1 is 0.773 bits per heavy atom. The Morgan fingerprint density at radius 2 is 1.14 bits per heavy atom. The van der Waals surface area contributed by atoms with Gasteiger partial charge in [-0.15, -0.1) is 0 Å². The van der Waals surface area contributed by atoms with Crippen molar-refractivity contribution in [2.24, 2.45) is 0 Å². The number of nitrogens with zero attached hydrogens (tertiary/aromatic N) is 2. The molecule has 6 heteroatoms. The zero-order valence-corrected chi connectivity index (χ0v) is 11.6. The van der Waals surface area contributed by atoms with Crippen LogP contribution in [-0.4, -0.2) is 35.1 Å². The summed E-state index contributed by atoms with van der Waals surface area (Å²) in [4.78, 5) is 30.7. The van der Waals surface area contributed by atoms with E-state index >= 15 is 0 Å². The number of pyridine rings is 2. The summed E-state index contributed by atoms with van der Waals surface area (Å²) in [6.45, 7) is -0.151. The first-order valence-electron chi connectivity index (χ1n) is 6.37. The third-order valence-electron chi connectivity index (χ3n) is 2.51. The SMILES string of the molecule is O=C(OCC#CCOC(=O)c1ccncc1)c1ccncc1. The predicted octanol–water partition coefficient (Wildman–Crippen LogP) is 1.49. The average Bonchev–Trinajstić information content (AvgIpc) is 2.59. The van der Waals surface area contributed by atoms with Crippen LogP contribution in [0.3, 0.4) is 0 Å². The lowest BCUT2D eigenvalue weighted by molar-refractivity contribution is 0.0539. The first kappa shape index (κ1) is 15.2. The normalized spacial score (nSPS) is 9.27. The van der Waals surface area contributed by atoms with E-state index in [1.54, 1.807) is 24.3 Å². The van der Waals surface area contributed by atoms with Crippen molar-refractivity contribution >= 4 is 11.9 Å². The lowest BCUT2D eigenvalue weighted by Crippen LogP contribution is -2.06. The van der Waals surface area contributed by atoms with Crippen LogP contribution < -0.4 is 0 Å². The maximum atomic E-state index is 11.6. The highest BCUT2D eigenvalue weighted by molar-refractivity contribution is 5.89. The molecule has 0 saturated carbocycles. The van der Waals surface area contributed by atoms with Crippen molar-refractivity contribution in [2.75, 3.05) is 13.2 Å². The second kappa shape index (κ2) is 8.17. The Hall–Kier alpha value is -3.20. The first-order chi connectivity index (χ1) is 10.8. The van der Waals surface area contributed by atoms with E-state index in [-0.39, 0.29) is 13.2 Å². The fourth-order valence-electron chi connectivity index (χ4n) is 1.45. The van der Waals surface area contributed by atoms with Crippen LogP contribution in [0, 0.1) is 11.8 Å². The third kappa shape index (κ3) is 4.72. The minimum atomic E-state index is -0.481. The van der Waals surface area contributed by atoms with E-state index in [1.807, 2.05) is 0 Å². The van der Waals surface area contributed by atoms with Gasteiger partial charge < -0.3 is 9.47 Å². The molecular weight excluding hydrogens is 284 g/mol. The molecule has 2 rings (SSSR count). The summed E-state index contributed by atoms with van der Waals surface area (Å²) in [5, 5.41) is 0. The Kier molecular flexibility index (Phi) is 5.64. The van der Waals surface area contributed by atoms with Gasteiger partial charge in [0.2, 0.25) is 0 Å². The number of ether oxygens (including phenoxy) is 2. The monoisotopic (exact) mass is 296 g/mol. The van der Waals surface area contributed by atoms with E-state index in [1.165, 1.54) is 24.8 Å². The van der Waals surface area contributed by atoms with E-state index in [0.29, 0.717) is 11.1 Å². The van der Waals surface area contributed by atoms with Crippen LogP contribution in [0.1, 0.15) is 20.7 Å². The van der Waals surface area contributed by atoms with Gasteiger partial charge in [0.05, 0.1) is 11.1 Å². The number of carbonyl (C=O) groups excluding carboxylic acids is 2. The van der Waals surface area contributed by atoms with E-state index in [2.05, 4.69) is 21.8 Å². The summed E-state index contributed by atoms with van der Waals surface area (Å²) < 4.78 is 9.86. The number of aromatic nitrogens is 2. The average molecular weight is 296 g/mol. The van der Waals surface area contributed by atoms with Crippen molar-refractivity contribution in [3.8, 4) is 11.8 Å². The highest BCUT2D eigenvalue weighted by Gasteiger charge is 2.05. The van der Waals surface area contributed by atoms with Crippen molar-refractivity contribution in [1.29, 1.82) is 0 Å². The van der Waals surface area contributed by atoms with Crippen LogP contribution in [0.4, 0.5) is 0 Å².